The molecule has 11 rings (SSSR count). The second-order valence-corrected chi connectivity index (χ2v) is 13.2. The quantitative estimate of drug-likeness (QED) is 0.177. The predicted octanol–water partition coefficient (Wildman–Crippen LogP) is 13.5. The molecular formula is C48H29NO. The molecule has 0 aliphatic rings. The van der Waals surface area contributed by atoms with Gasteiger partial charge in [-0.2, -0.15) is 0 Å². The van der Waals surface area contributed by atoms with Gasteiger partial charge in [0.05, 0.1) is 11.0 Å². The Morgan fingerprint density at radius 1 is 0.340 bits per heavy atom. The topological polar surface area (TPSA) is 18.1 Å². The second kappa shape index (κ2) is 10.4. The number of nitrogens with zero attached hydrogens (tertiary/aromatic N) is 1. The third-order valence-electron chi connectivity index (χ3n) is 10.6. The summed E-state index contributed by atoms with van der Waals surface area (Å²) in [5, 5.41) is 12.3. The van der Waals surface area contributed by atoms with E-state index in [2.05, 4.69) is 174 Å². The van der Waals surface area contributed by atoms with E-state index in [0.29, 0.717) is 0 Å². The summed E-state index contributed by atoms with van der Waals surface area (Å²) in [5.74, 6) is 0. The Balaban J connectivity index is 1.21. The summed E-state index contributed by atoms with van der Waals surface area (Å²) >= 11 is 0. The molecule has 0 atom stereocenters. The summed E-state index contributed by atoms with van der Waals surface area (Å²) < 4.78 is 8.94. The van der Waals surface area contributed by atoms with Gasteiger partial charge in [-0.15, -0.1) is 0 Å². The van der Waals surface area contributed by atoms with Gasteiger partial charge in [0.25, 0.3) is 0 Å². The normalized spacial score (nSPS) is 12.0. The molecule has 2 aromatic heterocycles. The van der Waals surface area contributed by atoms with Crippen LogP contribution in [-0.2, 0) is 0 Å². The molecule has 11 aromatic rings. The van der Waals surface area contributed by atoms with Gasteiger partial charge in [-0.25, -0.2) is 0 Å². The summed E-state index contributed by atoms with van der Waals surface area (Å²) in [7, 11) is 0. The summed E-state index contributed by atoms with van der Waals surface area (Å²) in [6, 6.07) is 63.7. The Kier molecular flexibility index (Phi) is 5.70. The van der Waals surface area contributed by atoms with Crippen molar-refractivity contribution in [3.63, 3.8) is 0 Å². The molecule has 0 aliphatic heterocycles. The first kappa shape index (κ1) is 27.3. The third kappa shape index (κ3) is 3.79. The monoisotopic (exact) mass is 635 g/mol. The smallest absolute Gasteiger partial charge is 0.143 e. The molecule has 0 N–H and O–H groups in total. The molecule has 232 valence electrons. The number of furan rings is 1. The lowest BCUT2D eigenvalue weighted by atomic mass is 9.86. The molecule has 0 fully saturated rings. The summed E-state index contributed by atoms with van der Waals surface area (Å²) in [6.45, 7) is 0. The lowest BCUT2D eigenvalue weighted by molar-refractivity contribution is 0.670. The molecule has 0 radical (unpaired) electrons. The van der Waals surface area contributed by atoms with E-state index in [9.17, 15) is 0 Å². The summed E-state index contributed by atoms with van der Waals surface area (Å²) in [4.78, 5) is 0. The van der Waals surface area contributed by atoms with E-state index in [1.807, 2.05) is 6.07 Å². The maximum absolute atomic E-state index is 6.56. The highest BCUT2D eigenvalue weighted by Crippen LogP contribution is 2.46. The van der Waals surface area contributed by atoms with Gasteiger partial charge < -0.3 is 8.98 Å². The van der Waals surface area contributed by atoms with E-state index in [1.54, 1.807) is 0 Å². The highest BCUT2D eigenvalue weighted by molar-refractivity contribution is 6.31. The van der Waals surface area contributed by atoms with Crippen LogP contribution < -0.4 is 0 Å². The number of benzene rings is 9. The van der Waals surface area contributed by atoms with Crippen LogP contribution in [0.2, 0.25) is 0 Å². The van der Waals surface area contributed by atoms with Gasteiger partial charge in [0.1, 0.15) is 11.2 Å². The molecule has 0 spiro atoms. The maximum Gasteiger partial charge on any atom is 0.143 e. The van der Waals surface area contributed by atoms with Gasteiger partial charge in [0, 0.05) is 32.8 Å². The van der Waals surface area contributed by atoms with Crippen LogP contribution in [0.3, 0.4) is 0 Å². The molecule has 0 bridgehead atoms. The van der Waals surface area contributed by atoms with Crippen molar-refractivity contribution in [2.45, 2.75) is 0 Å². The van der Waals surface area contributed by atoms with Crippen molar-refractivity contribution in [3.8, 4) is 27.9 Å². The van der Waals surface area contributed by atoms with E-state index < -0.39 is 0 Å². The highest BCUT2D eigenvalue weighted by Gasteiger charge is 2.19. The van der Waals surface area contributed by atoms with Crippen LogP contribution in [0.25, 0.3) is 104 Å². The van der Waals surface area contributed by atoms with Crippen molar-refractivity contribution in [1.82, 2.24) is 4.57 Å². The molecule has 2 nitrogen and oxygen atoms in total. The van der Waals surface area contributed by atoms with Gasteiger partial charge in [0.15, 0.2) is 0 Å². The zero-order chi connectivity index (χ0) is 32.8. The summed E-state index contributed by atoms with van der Waals surface area (Å²) in [5.41, 5.74) is 10.2. The number of fused-ring (bicyclic) bond motifs is 12. The fourth-order valence-corrected chi connectivity index (χ4v) is 8.47. The van der Waals surface area contributed by atoms with Crippen molar-refractivity contribution in [2.75, 3.05) is 0 Å². The van der Waals surface area contributed by atoms with Crippen molar-refractivity contribution in [2.24, 2.45) is 0 Å². The SMILES string of the molecule is c1ccc(-n2c3ccccc3c3cc(-c4cccc5c6cccc(-c7cccc8c7oc7ccccc78)c6c6ccccc6c45)ccc32)cc1. The molecule has 0 amide bonds. The van der Waals surface area contributed by atoms with E-state index in [-0.39, 0.29) is 0 Å². The van der Waals surface area contributed by atoms with E-state index in [0.717, 1.165) is 27.5 Å². The van der Waals surface area contributed by atoms with Gasteiger partial charge >= 0.3 is 0 Å². The first-order valence-corrected chi connectivity index (χ1v) is 17.2. The molecule has 2 heteroatoms. The van der Waals surface area contributed by atoms with E-state index >= 15 is 0 Å². The van der Waals surface area contributed by atoms with Gasteiger partial charge in [0.2, 0.25) is 0 Å². The highest BCUT2D eigenvalue weighted by atomic mass is 16.3. The second-order valence-electron chi connectivity index (χ2n) is 13.2. The number of para-hydroxylation sites is 4. The van der Waals surface area contributed by atoms with Crippen LogP contribution in [0.5, 0.6) is 0 Å². The predicted molar refractivity (Wildman–Crippen MR) is 211 cm³/mol. The van der Waals surface area contributed by atoms with E-state index in [4.69, 9.17) is 4.42 Å². The van der Waals surface area contributed by atoms with Gasteiger partial charge in [-0.3, -0.25) is 0 Å². The fraction of sp³-hybridized carbons (Fsp3) is 0. The van der Waals surface area contributed by atoms with Crippen molar-refractivity contribution in [1.29, 1.82) is 0 Å². The Morgan fingerprint density at radius 2 is 0.880 bits per heavy atom. The Morgan fingerprint density at radius 3 is 1.64 bits per heavy atom. The zero-order valence-corrected chi connectivity index (χ0v) is 27.1. The minimum atomic E-state index is 0.916. The Bertz CT molecular complexity index is 3100. The average molecular weight is 636 g/mol. The Labute approximate surface area is 288 Å². The Hall–Kier alpha value is -6.64. The molecular weight excluding hydrogens is 607 g/mol. The number of aromatic nitrogens is 1. The minimum absolute atomic E-state index is 0.916. The van der Waals surface area contributed by atoms with E-state index in [1.165, 1.54) is 76.5 Å². The van der Waals surface area contributed by atoms with Gasteiger partial charge in [-0.05, 0) is 85.4 Å². The standard InChI is InChI=1S/C48H29NO/c1-2-13-31(14-3-1)49-43-25-8-6-15-33(43)42-29-30(27-28-44(42)49)32-19-10-20-37-38-21-11-22-39(47(38)36-18-5-4-17-35(36)46(32)37)41-24-12-23-40-34-16-7-9-26-45(34)50-48(40)41/h1-29H. The number of hydrogen-bond acceptors (Lipinski definition) is 1. The minimum Gasteiger partial charge on any atom is -0.455 e. The van der Waals surface area contributed by atoms with Crippen LogP contribution in [0, 0.1) is 0 Å². The first-order chi connectivity index (χ1) is 24.8. The van der Waals surface area contributed by atoms with Crippen molar-refractivity contribution in [3.05, 3.63) is 176 Å². The number of hydrogen-bond donors (Lipinski definition) is 0. The molecule has 0 saturated carbocycles. The largest absolute Gasteiger partial charge is 0.455 e. The first-order valence-electron chi connectivity index (χ1n) is 17.2. The lowest BCUT2D eigenvalue weighted by Gasteiger charge is -2.17. The van der Waals surface area contributed by atoms with Crippen LogP contribution in [0.1, 0.15) is 0 Å². The zero-order valence-electron chi connectivity index (χ0n) is 27.1. The molecule has 0 aliphatic carbocycles. The molecule has 9 aromatic carbocycles. The van der Waals surface area contributed by atoms with Crippen LogP contribution >= 0.6 is 0 Å². The van der Waals surface area contributed by atoms with Crippen LogP contribution in [0.15, 0.2) is 180 Å². The maximum atomic E-state index is 6.56. The molecule has 0 unspecified atom stereocenters. The fourth-order valence-electron chi connectivity index (χ4n) is 8.47. The van der Waals surface area contributed by atoms with Crippen molar-refractivity contribution < 1.29 is 4.42 Å². The molecule has 0 saturated heterocycles. The lowest BCUT2D eigenvalue weighted by Crippen LogP contribution is -1.93. The van der Waals surface area contributed by atoms with Crippen LogP contribution in [0.4, 0.5) is 0 Å². The molecule has 50 heavy (non-hydrogen) atoms. The van der Waals surface area contributed by atoms with Crippen LogP contribution in [-0.4, -0.2) is 4.57 Å². The third-order valence-corrected chi connectivity index (χ3v) is 10.6. The number of rotatable bonds is 3. The summed E-state index contributed by atoms with van der Waals surface area (Å²) in [6.07, 6.45) is 0. The van der Waals surface area contributed by atoms with Crippen molar-refractivity contribution >= 4 is 76.1 Å². The van der Waals surface area contributed by atoms with Gasteiger partial charge in [-0.1, -0.05) is 140 Å². The average Bonchev–Trinajstić information content (AvgIpc) is 3.73. The molecule has 2 heterocycles.